The second kappa shape index (κ2) is 42.5. The van der Waals surface area contributed by atoms with Gasteiger partial charge in [-0.05, 0) is 96.3 Å². The fourth-order valence-corrected chi connectivity index (χ4v) is 6.02. The molecule has 0 amide bonds. The van der Waals surface area contributed by atoms with E-state index in [4.69, 9.17) is 24.3 Å². The molecule has 0 aromatic heterocycles. The highest BCUT2D eigenvalue weighted by atomic mass is 31.2. The first kappa shape index (κ1) is 53.9. The number of hydrogen-bond donors (Lipinski definition) is 2. The zero-order chi connectivity index (χ0) is 41.8. The first-order chi connectivity index (χ1) is 27.8. The Morgan fingerprint density at radius 1 is 0.544 bits per heavy atom. The fraction of sp³-hybridized carbons (Fsp3) is 0.617. The Hall–Kier alpha value is -3.07. The van der Waals surface area contributed by atoms with Crippen molar-refractivity contribution < 1.29 is 37.6 Å². The van der Waals surface area contributed by atoms with Crippen LogP contribution in [0.2, 0.25) is 0 Å². The van der Waals surface area contributed by atoms with Gasteiger partial charge in [0.25, 0.3) is 0 Å². The van der Waals surface area contributed by atoms with Crippen molar-refractivity contribution in [3.63, 3.8) is 0 Å². The van der Waals surface area contributed by atoms with E-state index in [9.17, 15) is 19.0 Å². The van der Waals surface area contributed by atoms with Crippen molar-refractivity contribution in [2.45, 2.75) is 161 Å². The maximum Gasteiger partial charge on any atom is 0.472 e. The summed E-state index contributed by atoms with van der Waals surface area (Å²) in [5.41, 5.74) is 5.34. The molecule has 2 atom stereocenters. The molecule has 2 unspecified atom stereocenters. The third kappa shape index (κ3) is 42.4. The molecule has 9 nitrogen and oxygen atoms in total. The van der Waals surface area contributed by atoms with Crippen LogP contribution in [0.1, 0.15) is 155 Å². The van der Waals surface area contributed by atoms with Gasteiger partial charge in [0.1, 0.15) is 6.61 Å². The minimum absolute atomic E-state index is 0.0385. The molecule has 0 saturated heterocycles. The van der Waals surface area contributed by atoms with E-state index in [1.807, 2.05) is 0 Å². The fourth-order valence-electron chi connectivity index (χ4n) is 5.25. The summed E-state index contributed by atoms with van der Waals surface area (Å²) in [5, 5.41) is 0. The Kier molecular flexibility index (Phi) is 40.2. The summed E-state index contributed by atoms with van der Waals surface area (Å²) >= 11 is 0. The summed E-state index contributed by atoms with van der Waals surface area (Å²) < 4.78 is 32.7. The number of rotatable bonds is 39. The van der Waals surface area contributed by atoms with Crippen molar-refractivity contribution in [1.29, 1.82) is 0 Å². The number of phosphoric acid groups is 1. The summed E-state index contributed by atoms with van der Waals surface area (Å²) in [6.45, 7) is 3.50. The average Bonchev–Trinajstić information content (AvgIpc) is 3.20. The number of ether oxygens (including phenoxy) is 2. The first-order valence-electron chi connectivity index (χ1n) is 21.7. The number of allylic oxidation sites excluding steroid dienone is 16. The molecular formula is C47H78NO8P. The van der Waals surface area contributed by atoms with Crippen molar-refractivity contribution in [1.82, 2.24) is 0 Å². The number of nitrogens with two attached hydrogens (primary N) is 1. The Morgan fingerprint density at radius 3 is 1.44 bits per heavy atom. The van der Waals surface area contributed by atoms with E-state index in [1.165, 1.54) is 25.7 Å². The molecule has 0 heterocycles. The molecule has 0 aliphatic heterocycles. The lowest BCUT2D eigenvalue weighted by atomic mass is 10.1. The highest BCUT2D eigenvalue weighted by molar-refractivity contribution is 7.47. The minimum atomic E-state index is -4.40. The van der Waals surface area contributed by atoms with Crippen LogP contribution in [0.4, 0.5) is 0 Å². The van der Waals surface area contributed by atoms with Gasteiger partial charge in [0.15, 0.2) is 6.10 Å². The van der Waals surface area contributed by atoms with E-state index in [0.717, 1.165) is 89.9 Å². The summed E-state index contributed by atoms with van der Waals surface area (Å²) in [6, 6.07) is 0. The van der Waals surface area contributed by atoms with E-state index in [1.54, 1.807) is 0 Å². The summed E-state index contributed by atoms with van der Waals surface area (Å²) in [5.74, 6) is -0.903. The lowest BCUT2D eigenvalue weighted by Gasteiger charge is -2.19. The van der Waals surface area contributed by atoms with Gasteiger partial charge >= 0.3 is 19.8 Å². The van der Waals surface area contributed by atoms with Crippen molar-refractivity contribution >= 4 is 19.8 Å². The first-order valence-corrected chi connectivity index (χ1v) is 23.2. The maximum atomic E-state index is 12.6. The minimum Gasteiger partial charge on any atom is -0.462 e. The van der Waals surface area contributed by atoms with Crippen LogP contribution in [-0.2, 0) is 32.7 Å². The van der Waals surface area contributed by atoms with Gasteiger partial charge in [-0.15, -0.1) is 0 Å². The van der Waals surface area contributed by atoms with Crippen LogP contribution in [0.3, 0.4) is 0 Å². The molecule has 0 saturated carbocycles. The van der Waals surface area contributed by atoms with E-state index < -0.39 is 32.5 Å². The number of unbranched alkanes of at least 4 members (excludes halogenated alkanes) is 10. The Bertz CT molecular complexity index is 1250. The standard InChI is InChI=1S/C47H78NO8P/c1-3-5-7-9-11-13-15-17-19-21-22-24-26-28-30-32-34-36-38-40-47(50)56-45(44-55-57(51,52)54-42-41-48)43-53-46(49)39-37-35-33-31-29-27-25-23-20-18-16-14-12-10-8-6-4-2/h6,8,11-14,17-20,22,24-25,27-28,30,45H,3-5,7,9-10,15-16,21,23,26,29,31-44,48H2,1-2H3,(H,51,52). The summed E-state index contributed by atoms with van der Waals surface area (Å²) in [7, 11) is -4.40. The molecular weight excluding hydrogens is 737 g/mol. The molecule has 0 aliphatic rings. The molecule has 324 valence electrons. The molecule has 0 fully saturated rings. The van der Waals surface area contributed by atoms with E-state index in [-0.39, 0.29) is 32.6 Å². The van der Waals surface area contributed by atoms with Crippen molar-refractivity contribution in [3.8, 4) is 0 Å². The number of hydrogen-bond acceptors (Lipinski definition) is 8. The normalized spacial score (nSPS) is 14.2. The van der Waals surface area contributed by atoms with E-state index in [2.05, 4.69) is 111 Å². The largest absolute Gasteiger partial charge is 0.472 e. The van der Waals surface area contributed by atoms with Gasteiger partial charge in [-0.25, -0.2) is 4.57 Å². The second-order valence-corrected chi connectivity index (χ2v) is 15.3. The average molecular weight is 816 g/mol. The van der Waals surface area contributed by atoms with Gasteiger partial charge in [-0.1, -0.05) is 143 Å². The van der Waals surface area contributed by atoms with Crippen molar-refractivity contribution in [2.75, 3.05) is 26.4 Å². The third-order valence-corrected chi connectivity index (χ3v) is 9.44. The lowest BCUT2D eigenvalue weighted by molar-refractivity contribution is -0.161. The molecule has 0 rings (SSSR count). The molecule has 3 N–H and O–H groups in total. The number of carbonyl (C=O) groups is 2. The zero-order valence-corrected chi connectivity index (χ0v) is 36.4. The quantitative estimate of drug-likeness (QED) is 0.0269. The van der Waals surface area contributed by atoms with Crippen LogP contribution in [0.15, 0.2) is 97.2 Å². The molecule has 0 spiro atoms. The van der Waals surface area contributed by atoms with Gasteiger partial charge < -0.3 is 20.1 Å². The van der Waals surface area contributed by atoms with Crippen LogP contribution < -0.4 is 5.73 Å². The highest BCUT2D eigenvalue weighted by Crippen LogP contribution is 2.43. The molecule has 0 aromatic rings. The number of carbonyl (C=O) groups excluding carboxylic acids is 2. The predicted octanol–water partition coefficient (Wildman–Crippen LogP) is 12.6. The van der Waals surface area contributed by atoms with Crippen LogP contribution in [0.5, 0.6) is 0 Å². The van der Waals surface area contributed by atoms with Crippen LogP contribution >= 0.6 is 7.82 Å². The van der Waals surface area contributed by atoms with Crippen LogP contribution in [-0.4, -0.2) is 49.3 Å². The summed E-state index contributed by atoms with van der Waals surface area (Å²) in [6.07, 6.45) is 54.3. The number of phosphoric ester groups is 1. The maximum absolute atomic E-state index is 12.6. The number of esters is 2. The van der Waals surface area contributed by atoms with Gasteiger partial charge in [-0.2, -0.15) is 0 Å². The molecule has 10 heteroatoms. The van der Waals surface area contributed by atoms with E-state index in [0.29, 0.717) is 12.8 Å². The van der Waals surface area contributed by atoms with Crippen molar-refractivity contribution in [3.05, 3.63) is 97.2 Å². The predicted molar refractivity (Wildman–Crippen MR) is 238 cm³/mol. The van der Waals surface area contributed by atoms with Gasteiger partial charge in [0, 0.05) is 19.4 Å². The zero-order valence-electron chi connectivity index (χ0n) is 35.5. The smallest absolute Gasteiger partial charge is 0.462 e. The monoisotopic (exact) mass is 816 g/mol. The molecule has 0 radical (unpaired) electrons. The second-order valence-electron chi connectivity index (χ2n) is 13.8. The highest BCUT2D eigenvalue weighted by Gasteiger charge is 2.25. The Labute approximate surface area is 346 Å². The van der Waals surface area contributed by atoms with Gasteiger partial charge in [0.2, 0.25) is 0 Å². The Morgan fingerprint density at radius 2 is 0.965 bits per heavy atom. The molecule has 0 aromatic carbocycles. The third-order valence-electron chi connectivity index (χ3n) is 8.45. The van der Waals surface area contributed by atoms with Crippen LogP contribution in [0, 0.1) is 0 Å². The van der Waals surface area contributed by atoms with Crippen molar-refractivity contribution in [2.24, 2.45) is 5.73 Å². The van der Waals surface area contributed by atoms with Gasteiger partial charge in [-0.3, -0.25) is 18.6 Å². The van der Waals surface area contributed by atoms with E-state index >= 15 is 0 Å². The molecule has 57 heavy (non-hydrogen) atoms. The summed E-state index contributed by atoms with van der Waals surface area (Å²) in [4.78, 5) is 34.9. The van der Waals surface area contributed by atoms with Gasteiger partial charge in [0.05, 0.1) is 13.2 Å². The molecule has 0 bridgehead atoms. The SMILES string of the molecule is CCC=CCC=CCC=CCC=CCCCCCCC(=O)OCC(COP(=O)(O)OCCN)OC(=O)CCCCCC=CCC=CCC=CCC=CCCCCC. The lowest BCUT2D eigenvalue weighted by Crippen LogP contribution is -2.29. The van der Waals surface area contributed by atoms with Crippen LogP contribution in [0.25, 0.3) is 0 Å². The Balaban J connectivity index is 4.29. The molecule has 0 aliphatic carbocycles. The topological polar surface area (TPSA) is 134 Å².